The largest absolute Gasteiger partial charge is 0.496 e. The van der Waals surface area contributed by atoms with Crippen molar-refractivity contribution in [1.29, 1.82) is 0 Å². The zero-order chi connectivity index (χ0) is 41.5. The number of pyridine rings is 1. The molecule has 8 rings (SSSR count). The highest BCUT2D eigenvalue weighted by Gasteiger charge is 2.38. The Morgan fingerprint density at radius 3 is 2.37 bits per heavy atom. The number of halogens is 4. The van der Waals surface area contributed by atoms with Crippen LogP contribution in [0.4, 0.5) is 14.5 Å². The number of aromatic nitrogens is 1. The lowest BCUT2D eigenvalue weighted by Crippen LogP contribution is -2.52. The van der Waals surface area contributed by atoms with Gasteiger partial charge in [-0.25, -0.2) is 14.4 Å². The van der Waals surface area contributed by atoms with Crippen molar-refractivity contribution in [3.8, 4) is 17.2 Å². The van der Waals surface area contributed by atoms with Gasteiger partial charge in [0, 0.05) is 36.6 Å². The van der Waals surface area contributed by atoms with Gasteiger partial charge in [0.05, 0.1) is 29.3 Å². The summed E-state index contributed by atoms with van der Waals surface area (Å²) in [6, 6.07) is 16.7. The van der Waals surface area contributed by atoms with Crippen molar-refractivity contribution in [2.75, 3.05) is 45.3 Å². The van der Waals surface area contributed by atoms with Crippen LogP contribution in [0.2, 0.25) is 10.0 Å². The summed E-state index contributed by atoms with van der Waals surface area (Å²) in [4.78, 5) is 46.9. The molecule has 59 heavy (non-hydrogen) atoms. The molecule has 4 aliphatic rings. The van der Waals surface area contributed by atoms with Crippen LogP contribution in [0.5, 0.6) is 17.2 Å². The van der Waals surface area contributed by atoms with E-state index in [1.807, 2.05) is 0 Å². The van der Waals surface area contributed by atoms with E-state index in [0.29, 0.717) is 53.1 Å². The van der Waals surface area contributed by atoms with Crippen LogP contribution >= 0.6 is 23.2 Å². The van der Waals surface area contributed by atoms with E-state index >= 15 is 0 Å². The Morgan fingerprint density at radius 1 is 0.915 bits per heavy atom. The number of benzene rings is 3. The summed E-state index contributed by atoms with van der Waals surface area (Å²) in [5, 5.41) is 3.64. The van der Waals surface area contributed by atoms with E-state index in [1.165, 1.54) is 49.8 Å². The van der Waals surface area contributed by atoms with Crippen molar-refractivity contribution in [2.45, 2.75) is 57.0 Å². The fourth-order valence-corrected chi connectivity index (χ4v) is 7.82. The molecule has 0 radical (unpaired) electrons. The van der Waals surface area contributed by atoms with Gasteiger partial charge < -0.3 is 33.7 Å². The number of carbonyl (C=O) groups is 3. The molecule has 3 saturated heterocycles. The number of methoxy groups -OCH3 is 1. The molecular formula is C43H43Cl2F2N3O9. The summed E-state index contributed by atoms with van der Waals surface area (Å²) in [5.41, 5.74) is 1.82. The summed E-state index contributed by atoms with van der Waals surface area (Å²) in [5.74, 6) is -1.29. The average molecular weight is 855 g/mol. The van der Waals surface area contributed by atoms with Crippen LogP contribution in [0.15, 0.2) is 79.1 Å². The molecule has 4 heterocycles. The SMILES string of the molecule is COc1ccccc1C(Nc1cccc(C(=O)OCC(=O)O[C@@H](Cc2c(Cl)cncc2Cl)c2ccc(OC(F)F)c(OCC3CC3)c2)c1)C(=O)O[C@H]1CN2CCC1CC2. The van der Waals surface area contributed by atoms with Crippen molar-refractivity contribution < 1.29 is 51.6 Å². The maximum absolute atomic E-state index is 13.9. The minimum Gasteiger partial charge on any atom is -0.496 e. The predicted octanol–water partition coefficient (Wildman–Crippen LogP) is 8.26. The molecule has 1 aliphatic carbocycles. The molecule has 3 atom stereocenters. The topological polar surface area (TPSA) is 135 Å². The maximum atomic E-state index is 13.9. The van der Waals surface area contributed by atoms with Crippen molar-refractivity contribution >= 4 is 46.8 Å². The van der Waals surface area contributed by atoms with Gasteiger partial charge in [0.1, 0.15) is 18.0 Å². The number of piperidine rings is 3. The summed E-state index contributed by atoms with van der Waals surface area (Å²) in [7, 11) is 1.52. The Kier molecular flexibility index (Phi) is 13.7. The van der Waals surface area contributed by atoms with E-state index in [1.54, 1.807) is 36.4 Å². The number of nitrogens with zero attached hydrogens (tertiary/aromatic N) is 2. The van der Waals surface area contributed by atoms with Crippen LogP contribution < -0.4 is 19.5 Å². The first-order valence-corrected chi connectivity index (χ1v) is 20.1. The summed E-state index contributed by atoms with van der Waals surface area (Å²) >= 11 is 12.8. The summed E-state index contributed by atoms with van der Waals surface area (Å²) in [6.45, 7) is -0.901. The number of esters is 3. The van der Waals surface area contributed by atoms with Gasteiger partial charge in [-0.2, -0.15) is 8.78 Å². The lowest BCUT2D eigenvalue weighted by Gasteiger charge is -2.44. The first-order valence-electron chi connectivity index (χ1n) is 19.3. The zero-order valence-electron chi connectivity index (χ0n) is 32.1. The lowest BCUT2D eigenvalue weighted by molar-refractivity contribution is -0.160. The van der Waals surface area contributed by atoms with Gasteiger partial charge in [-0.15, -0.1) is 0 Å². The summed E-state index contributed by atoms with van der Waals surface area (Å²) in [6.07, 6.45) is 5.28. The van der Waals surface area contributed by atoms with Gasteiger partial charge in [0.15, 0.2) is 24.1 Å². The van der Waals surface area contributed by atoms with Gasteiger partial charge in [0.25, 0.3) is 0 Å². The van der Waals surface area contributed by atoms with Crippen LogP contribution in [0.25, 0.3) is 0 Å². The number of para-hydroxylation sites is 1. The molecule has 4 aromatic rings. The van der Waals surface area contributed by atoms with Crippen LogP contribution in [0.3, 0.4) is 0 Å². The fourth-order valence-electron chi connectivity index (χ4n) is 7.30. The van der Waals surface area contributed by atoms with E-state index in [0.717, 1.165) is 38.8 Å². The van der Waals surface area contributed by atoms with E-state index in [2.05, 4.69) is 19.9 Å². The second-order valence-electron chi connectivity index (χ2n) is 14.7. The molecule has 1 N–H and O–H groups in total. The van der Waals surface area contributed by atoms with Crippen LogP contribution in [-0.2, 0) is 30.2 Å². The average Bonchev–Trinajstić information content (AvgIpc) is 4.07. The number of alkyl halides is 2. The number of hydrogen-bond acceptors (Lipinski definition) is 12. The molecule has 3 aromatic carbocycles. The second-order valence-corrected chi connectivity index (χ2v) is 15.5. The number of hydrogen-bond donors (Lipinski definition) is 1. The number of anilines is 1. The molecule has 1 unspecified atom stereocenters. The molecule has 12 nitrogen and oxygen atoms in total. The van der Waals surface area contributed by atoms with E-state index in [4.69, 9.17) is 46.9 Å². The second kappa shape index (κ2) is 19.3. The highest BCUT2D eigenvalue weighted by molar-refractivity contribution is 6.35. The normalized spacial score (nSPS) is 19.3. The standard InChI is InChI=1S/C43H43Cl2F2N3O9/c1-54-34-8-3-2-7-30(34)40(42(53)58-38-22-50-15-13-26(38)14-16-50)49-29-6-4-5-28(17-29)41(52)56-24-39(51)57-36(19-31-32(44)20-48-21-33(31)45)27-11-12-35(59-43(46)47)37(18-27)55-23-25-9-10-25/h2-8,11-12,17-18,20-21,25-26,36,38,40,43,49H,9-10,13-16,19,22-24H2,1H3/t36-,38-,40?/m0/s1. The quantitative estimate of drug-likeness (QED) is 0.0763. The Morgan fingerprint density at radius 2 is 1.68 bits per heavy atom. The van der Waals surface area contributed by atoms with Gasteiger partial charge in [-0.05, 0) is 98.1 Å². The van der Waals surface area contributed by atoms with Gasteiger partial charge in [0.2, 0.25) is 0 Å². The van der Waals surface area contributed by atoms with Crippen LogP contribution in [0.1, 0.15) is 64.9 Å². The minimum atomic E-state index is -3.09. The van der Waals surface area contributed by atoms with Gasteiger partial charge in [-0.3, -0.25) is 9.88 Å². The van der Waals surface area contributed by atoms with E-state index in [9.17, 15) is 23.2 Å². The van der Waals surface area contributed by atoms with Crippen LogP contribution in [0, 0.1) is 11.8 Å². The Hall–Kier alpha value is -5.18. The number of nitrogens with one attached hydrogen (secondary N) is 1. The molecule has 4 fully saturated rings. The van der Waals surface area contributed by atoms with Crippen molar-refractivity contribution in [1.82, 2.24) is 9.88 Å². The number of rotatable bonds is 18. The maximum Gasteiger partial charge on any atom is 0.387 e. The monoisotopic (exact) mass is 853 g/mol. The Labute approximate surface area is 350 Å². The molecule has 1 saturated carbocycles. The molecule has 1 aromatic heterocycles. The highest BCUT2D eigenvalue weighted by Crippen LogP contribution is 2.38. The molecule has 2 bridgehead atoms. The lowest BCUT2D eigenvalue weighted by atomic mass is 9.86. The first kappa shape index (κ1) is 42.0. The first-order chi connectivity index (χ1) is 28.5. The number of carbonyl (C=O) groups excluding carboxylic acids is 3. The zero-order valence-corrected chi connectivity index (χ0v) is 33.6. The van der Waals surface area contributed by atoms with Crippen LogP contribution in [-0.4, -0.2) is 80.5 Å². The smallest absolute Gasteiger partial charge is 0.387 e. The molecular weight excluding hydrogens is 811 g/mol. The number of ether oxygens (including phenoxy) is 6. The van der Waals surface area contributed by atoms with Gasteiger partial charge in [-0.1, -0.05) is 53.5 Å². The molecule has 0 amide bonds. The predicted molar refractivity (Wildman–Crippen MR) is 213 cm³/mol. The summed E-state index contributed by atoms with van der Waals surface area (Å²) < 4.78 is 60.0. The van der Waals surface area contributed by atoms with Crippen molar-refractivity contribution in [2.24, 2.45) is 11.8 Å². The third-order valence-electron chi connectivity index (χ3n) is 10.6. The number of fused-ring (bicyclic) bond motifs is 3. The van der Waals surface area contributed by atoms with E-state index < -0.39 is 43.3 Å². The molecule has 3 aliphatic heterocycles. The Bertz CT molecular complexity index is 2110. The molecule has 16 heteroatoms. The van der Waals surface area contributed by atoms with Crippen molar-refractivity contribution in [3.63, 3.8) is 0 Å². The molecule has 312 valence electrons. The third-order valence-corrected chi connectivity index (χ3v) is 11.3. The Balaban J connectivity index is 1.05. The highest BCUT2D eigenvalue weighted by atomic mass is 35.5. The van der Waals surface area contributed by atoms with Gasteiger partial charge >= 0.3 is 24.5 Å². The van der Waals surface area contributed by atoms with Crippen molar-refractivity contribution in [3.05, 3.63) is 111 Å². The molecule has 0 spiro atoms. The van der Waals surface area contributed by atoms with E-state index in [-0.39, 0.29) is 39.6 Å². The fraction of sp³-hybridized carbons (Fsp3) is 0.395. The third kappa shape index (κ3) is 10.9. The minimum absolute atomic E-state index is 0.0415.